The Balaban J connectivity index is 4.22. The Kier molecular flexibility index (Phi) is 28.9. The van der Waals surface area contributed by atoms with Crippen molar-refractivity contribution < 1.29 is 9.47 Å². The molecule has 0 unspecified atom stereocenters. The zero-order valence-corrected chi connectivity index (χ0v) is 26.7. The van der Waals surface area contributed by atoms with Crippen molar-refractivity contribution in [3.63, 3.8) is 0 Å². The van der Waals surface area contributed by atoms with E-state index in [1.165, 1.54) is 38.5 Å². The Bertz CT molecular complexity index is 654. The minimum absolute atomic E-state index is 0.369. The fourth-order valence-electron chi connectivity index (χ4n) is 4.26. The maximum Gasteiger partial charge on any atom is 0.169 e. The van der Waals surface area contributed by atoms with Crippen molar-refractivity contribution in [2.24, 2.45) is 5.84 Å². The van der Waals surface area contributed by atoms with Crippen LogP contribution < -0.4 is 5.84 Å². The van der Waals surface area contributed by atoms with Gasteiger partial charge in [0.15, 0.2) is 5.79 Å². The van der Waals surface area contributed by atoms with E-state index in [0.29, 0.717) is 6.73 Å². The smallest absolute Gasteiger partial charge is 0.169 e. The second-order valence-electron chi connectivity index (χ2n) is 10.7. The number of nitrogens with zero attached hydrogens (tertiary/aromatic N) is 1. The fourth-order valence-corrected chi connectivity index (χ4v) is 4.26. The number of methoxy groups -OCH3 is 1. The summed E-state index contributed by atoms with van der Waals surface area (Å²) in [5.74, 6) is 5.28. The summed E-state index contributed by atoms with van der Waals surface area (Å²) in [6, 6.07) is 0. The molecule has 4 heteroatoms. The average molecular weight is 557 g/mol. The molecule has 0 aromatic heterocycles. The second-order valence-corrected chi connectivity index (χ2v) is 10.7. The Hall–Kier alpha value is -1.72. The average Bonchev–Trinajstić information content (AvgIpc) is 2.95. The van der Waals surface area contributed by atoms with E-state index in [2.05, 4.69) is 86.8 Å². The highest BCUT2D eigenvalue weighted by molar-refractivity contribution is 4.98. The lowest BCUT2D eigenvalue weighted by Crippen LogP contribution is -2.40. The van der Waals surface area contributed by atoms with Gasteiger partial charge in [-0.3, -0.25) is 5.84 Å². The van der Waals surface area contributed by atoms with Crippen molar-refractivity contribution in [3.05, 3.63) is 72.9 Å². The molecule has 2 N–H and O–H groups in total. The predicted octanol–water partition coefficient (Wildman–Crippen LogP) is 10.5. The summed E-state index contributed by atoms with van der Waals surface area (Å²) in [4.78, 5) is 0. The SMILES string of the molecule is CCCCC=CCC=CCC=CCCCCC(CCCCC=CCC=CCC=CCCCC)(OC)OCN(C)N. The van der Waals surface area contributed by atoms with E-state index in [0.717, 1.165) is 77.0 Å². The first-order valence-electron chi connectivity index (χ1n) is 16.1. The zero-order valence-electron chi connectivity index (χ0n) is 26.7. The van der Waals surface area contributed by atoms with Gasteiger partial charge in [-0.2, -0.15) is 0 Å². The first-order chi connectivity index (χ1) is 19.6. The number of unbranched alkanes of at least 4 members (excludes halogenated alkanes) is 8. The molecule has 40 heavy (non-hydrogen) atoms. The van der Waals surface area contributed by atoms with Crippen LogP contribution in [0.15, 0.2) is 72.9 Å². The Morgan fingerprint density at radius 1 is 0.550 bits per heavy atom. The molecule has 0 saturated heterocycles. The van der Waals surface area contributed by atoms with Crippen LogP contribution in [-0.2, 0) is 9.47 Å². The molecule has 0 rings (SSSR count). The van der Waals surface area contributed by atoms with Crippen LogP contribution in [0.5, 0.6) is 0 Å². The van der Waals surface area contributed by atoms with E-state index < -0.39 is 5.79 Å². The molecule has 0 radical (unpaired) electrons. The molecule has 0 saturated carbocycles. The standard InChI is InChI=1S/C36H64N2O2/c1-5-7-9-11-13-15-17-19-21-23-25-27-29-31-33-36(39-4,40-35-38(3)37)34-32-30-28-26-24-22-20-18-16-14-12-10-8-6-2/h11-14,17-20,23-26H,5-10,15-16,21-22,27-35,37H2,1-4H3. The molecule has 230 valence electrons. The van der Waals surface area contributed by atoms with Gasteiger partial charge in [-0.25, -0.2) is 5.01 Å². The van der Waals surface area contributed by atoms with Gasteiger partial charge in [0.2, 0.25) is 0 Å². The summed E-state index contributed by atoms with van der Waals surface area (Å²) in [7, 11) is 3.59. The predicted molar refractivity (Wildman–Crippen MR) is 177 cm³/mol. The first kappa shape index (κ1) is 38.3. The molecular formula is C36H64N2O2. The molecule has 0 bridgehead atoms. The third-order valence-electron chi connectivity index (χ3n) is 6.80. The van der Waals surface area contributed by atoms with E-state index in [9.17, 15) is 0 Å². The molecule has 4 nitrogen and oxygen atoms in total. The summed E-state index contributed by atoms with van der Waals surface area (Å²) in [5.41, 5.74) is 0. The Morgan fingerprint density at radius 2 is 0.900 bits per heavy atom. The van der Waals surface area contributed by atoms with Crippen LogP contribution in [-0.4, -0.2) is 31.7 Å². The highest BCUT2D eigenvalue weighted by atomic mass is 16.7. The van der Waals surface area contributed by atoms with Gasteiger partial charge in [-0.05, 0) is 77.0 Å². The second kappa shape index (κ2) is 30.2. The van der Waals surface area contributed by atoms with Crippen molar-refractivity contribution in [2.75, 3.05) is 20.9 Å². The molecule has 0 aromatic rings. The van der Waals surface area contributed by atoms with Gasteiger partial charge >= 0.3 is 0 Å². The third kappa shape index (κ3) is 26.5. The van der Waals surface area contributed by atoms with E-state index in [1.807, 2.05) is 7.05 Å². The maximum atomic E-state index is 6.18. The Morgan fingerprint density at radius 3 is 1.23 bits per heavy atom. The topological polar surface area (TPSA) is 47.7 Å². The molecule has 0 aliphatic carbocycles. The van der Waals surface area contributed by atoms with Crippen LogP contribution in [0.3, 0.4) is 0 Å². The van der Waals surface area contributed by atoms with Crippen LogP contribution in [0, 0.1) is 0 Å². The Labute approximate surface area is 249 Å². The molecule has 0 atom stereocenters. The molecular weight excluding hydrogens is 492 g/mol. The lowest BCUT2D eigenvalue weighted by atomic mass is 10.00. The summed E-state index contributed by atoms with van der Waals surface area (Å²) >= 11 is 0. The first-order valence-corrected chi connectivity index (χ1v) is 16.1. The normalized spacial score (nSPS) is 14.6. The minimum atomic E-state index is -0.554. The van der Waals surface area contributed by atoms with E-state index in [4.69, 9.17) is 15.3 Å². The minimum Gasteiger partial charge on any atom is -0.353 e. The number of hydrogen-bond acceptors (Lipinski definition) is 4. The van der Waals surface area contributed by atoms with Crippen molar-refractivity contribution >= 4 is 0 Å². The van der Waals surface area contributed by atoms with Crippen molar-refractivity contribution in [1.82, 2.24) is 5.01 Å². The number of ether oxygens (including phenoxy) is 2. The van der Waals surface area contributed by atoms with E-state index in [-0.39, 0.29) is 0 Å². The molecule has 0 fully saturated rings. The van der Waals surface area contributed by atoms with Gasteiger partial charge in [0.25, 0.3) is 0 Å². The van der Waals surface area contributed by atoms with Crippen LogP contribution in [0.4, 0.5) is 0 Å². The highest BCUT2D eigenvalue weighted by Gasteiger charge is 2.30. The third-order valence-corrected chi connectivity index (χ3v) is 6.80. The molecule has 0 amide bonds. The van der Waals surface area contributed by atoms with Crippen molar-refractivity contribution in [3.8, 4) is 0 Å². The molecule has 0 aliphatic heterocycles. The zero-order chi connectivity index (χ0) is 29.4. The van der Waals surface area contributed by atoms with Crippen LogP contribution in [0.2, 0.25) is 0 Å². The summed E-state index contributed by atoms with van der Waals surface area (Å²) in [6.07, 6.45) is 47.3. The van der Waals surface area contributed by atoms with Crippen molar-refractivity contribution in [1.29, 1.82) is 0 Å². The van der Waals surface area contributed by atoms with E-state index >= 15 is 0 Å². The van der Waals surface area contributed by atoms with Gasteiger partial charge in [0, 0.05) is 27.0 Å². The van der Waals surface area contributed by atoms with Gasteiger partial charge in [0.1, 0.15) is 6.73 Å². The lowest BCUT2D eigenvalue weighted by Gasteiger charge is -2.33. The molecule has 0 aromatic carbocycles. The largest absolute Gasteiger partial charge is 0.353 e. The fraction of sp³-hybridized carbons (Fsp3) is 0.667. The quantitative estimate of drug-likeness (QED) is 0.0342. The van der Waals surface area contributed by atoms with Crippen molar-refractivity contribution in [2.45, 2.75) is 135 Å². The number of rotatable bonds is 28. The summed E-state index contributed by atoms with van der Waals surface area (Å²) < 4.78 is 12.1. The molecule has 0 heterocycles. The molecule has 0 aliphatic rings. The maximum absolute atomic E-state index is 6.18. The number of hydrazine groups is 1. The van der Waals surface area contributed by atoms with Gasteiger partial charge in [-0.1, -0.05) is 112 Å². The summed E-state index contributed by atoms with van der Waals surface area (Å²) in [6.45, 7) is 4.84. The lowest BCUT2D eigenvalue weighted by molar-refractivity contribution is -0.248. The van der Waals surface area contributed by atoms with Crippen LogP contribution >= 0.6 is 0 Å². The number of hydrogen-bond donors (Lipinski definition) is 1. The molecule has 0 spiro atoms. The highest BCUT2D eigenvalue weighted by Crippen LogP contribution is 2.28. The number of allylic oxidation sites excluding steroid dienone is 12. The van der Waals surface area contributed by atoms with E-state index in [1.54, 1.807) is 12.1 Å². The number of nitrogens with two attached hydrogens (primary N) is 1. The van der Waals surface area contributed by atoms with Crippen LogP contribution in [0.1, 0.15) is 129 Å². The van der Waals surface area contributed by atoms with Gasteiger partial charge in [-0.15, -0.1) is 0 Å². The summed E-state index contributed by atoms with van der Waals surface area (Å²) in [5, 5.41) is 1.57. The monoisotopic (exact) mass is 556 g/mol. The van der Waals surface area contributed by atoms with Crippen LogP contribution in [0.25, 0.3) is 0 Å². The van der Waals surface area contributed by atoms with Gasteiger partial charge < -0.3 is 9.47 Å². The van der Waals surface area contributed by atoms with Gasteiger partial charge in [0.05, 0.1) is 0 Å².